The third-order valence-electron chi connectivity index (χ3n) is 4.78. The number of carbonyl (C=O) groups is 1. The highest BCUT2D eigenvalue weighted by molar-refractivity contribution is 5.76. The molecule has 154 valence electrons. The Morgan fingerprint density at radius 3 is 2.31 bits per heavy atom. The number of rotatable bonds is 8. The summed E-state index contributed by atoms with van der Waals surface area (Å²) in [7, 11) is 4.62. The van der Waals surface area contributed by atoms with Crippen LogP contribution in [0.1, 0.15) is 34.4 Å². The fraction of sp³-hybridized carbons (Fsp3) is 0.381. The molecule has 1 heterocycles. The molecule has 8 nitrogen and oxygen atoms in total. The van der Waals surface area contributed by atoms with Gasteiger partial charge in [0, 0.05) is 30.3 Å². The number of hydrogen-bond acceptors (Lipinski definition) is 6. The Labute approximate surface area is 169 Å². The van der Waals surface area contributed by atoms with Crippen molar-refractivity contribution in [1.29, 1.82) is 5.26 Å². The van der Waals surface area contributed by atoms with Crippen LogP contribution in [0.25, 0.3) is 0 Å². The first-order valence-electron chi connectivity index (χ1n) is 9.04. The predicted octanol–water partition coefficient (Wildman–Crippen LogP) is 2.14. The SMILES string of the molecule is COc1cc(OC)c(OC)cc1CNC(=O)CCc1c(C)[nH]c(=O)c(C#N)c1C. The molecule has 1 aromatic carbocycles. The number of hydrogen-bond donors (Lipinski definition) is 2. The van der Waals surface area contributed by atoms with Crippen molar-refractivity contribution < 1.29 is 19.0 Å². The molecule has 0 aliphatic carbocycles. The Morgan fingerprint density at radius 2 is 1.72 bits per heavy atom. The Balaban J connectivity index is 2.09. The van der Waals surface area contributed by atoms with Crippen LogP contribution >= 0.6 is 0 Å². The largest absolute Gasteiger partial charge is 0.496 e. The lowest BCUT2D eigenvalue weighted by molar-refractivity contribution is -0.121. The number of nitriles is 1. The van der Waals surface area contributed by atoms with E-state index in [9.17, 15) is 9.59 Å². The minimum atomic E-state index is -0.406. The van der Waals surface area contributed by atoms with Crippen molar-refractivity contribution in [3.8, 4) is 23.3 Å². The molecule has 0 saturated carbocycles. The van der Waals surface area contributed by atoms with Crippen LogP contribution in [-0.2, 0) is 17.8 Å². The number of methoxy groups -OCH3 is 3. The standard InChI is InChI=1S/C21H25N3O5/c1-12-15(13(2)24-21(26)16(12)10-22)6-7-20(25)23-11-14-8-18(28-4)19(29-5)9-17(14)27-3/h8-9H,6-7,11H2,1-5H3,(H,23,25)(H,24,26). The van der Waals surface area contributed by atoms with Gasteiger partial charge in [0.2, 0.25) is 5.91 Å². The number of ether oxygens (including phenoxy) is 3. The minimum Gasteiger partial charge on any atom is -0.496 e. The molecule has 0 unspecified atom stereocenters. The van der Waals surface area contributed by atoms with E-state index in [0.717, 1.165) is 11.1 Å². The van der Waals surface area contributed by atoms with Gasteiger partial charge in [-0.3, -0.25) is 9.59 Å². The van der Waals surface area contributed by atoms with E-state index < -0.39 is 5.56 Å². The first-order valence-corrected chi connectivity index (χ1v) is 9.04. The van der Waals surface area contributed by atoms with Gasteiger partial charge in [-0.2, -0.15) is 5.26 Å². The van der Waals surface area contributed by atoms with E-state index in [4.69, 9.17) is 19.5 Å². The van der Waals surface area contributed by atoms with Crippen molar-refractivity contribution >= 4 is 5.91 Å². The average Bonchev–Trinajstić information content (AvgIpc) is 2.71. The topological polar surface area (TPSA) is 113 Å². The summed E-state index contributed by atoms with van der Waals surface area (Å²) in [4.78, 5) is 26.8. The van der Waals surface area contributed by atoms with Crippen molar-refractivity contribution in [2.75, 3.05) is 21.3 Å². The molecule has 0 aliphatic rings. The number of aromatic amines is 1. The molecule has 8 heteroatoms. The van der Waals surface area contributed by atoms with E-state index in [1.165, 1.54) is 14.2 Å². The molecular formula is C21H25N3O5. The fourth-order valence-electron chi connectivity index (χ4n) is 3.17. The maximum absolute atomic E-state index is 12.4. The van der Waals surface area contributed by atoms with Gasteiger partial charge in [0.05, 0.1) is 21.3 Å². The molecule has 0 atom stereocenters. The van der Waals surface area contributed by atoms with Gasteiger partial charge in [-0.15, -0.1) is 0 Å². The molecule has 1 aromatic heterocycles. The summed E-state index contributed by atoms with van der Waals surface area (Å²) < 4.78 is 15.9. The number of aryl methyl sites for hydroxylation is 1. The zero-order chi connectivity index (χ0) is 21.6. The molecule has 2 aromatic rings. The molecule has 0 radical (unpaired) electrons. The molecule has 29 heavy (non-hydrogen) atoms. The summed E-state index contributed by atoms with van der Waals surface area (Å²) in [6.07, 6.45) is 0.631. The zero-order valence-corrected chi connectivity index (χ0v) is 17.3. The van der Waals surface area contributed by atoms with E-state index in [1.807, 2.05) is 6.07 Å². The highest BCUT2D eigenvalue weighted by Gasteiger charge is 2.15. The number of nitrogens with one attached hydrogen (secondary N) is 2. The summed E-state index contributed by atoms with van der Waals surface area (Å²) >= 11 is 0. The zero-order valence-electron chi connectivity index (χ0n) is 17.3. The summed E-state index contributed by atoms with van der Waals surface area (Å²) in [6.45, 7) is 3.75. The maximum Gasteiger partial charge on any atom is 0.266 e. The van der Waals surface area contributed by atoms with Gasteiger partial charge in [-0.05, 0) is 37.5 Å². The third kappa shape index (κ3) is 4.88. The minimum absolute atomic E-state index is 0.0843. The van der Waals surface area contributed by atoms with Crippen molar-refractivity contribution in [3.63, 3.8) is 0 Å². The van der Waals surface area contributed by atoms with Gasteiger partial charge in [0.15, 0.2) is 11.5 Å². The van der Waals surface area contributed by atoms with Crippen LogP contribution in [0.4, 0.5) is 0 Å². The van der Waals surface area contributed by atoms with Crippen molar-refractivity contribution in [3.05, 3.63) is 50.4 Å². The van der Waals surface area contributed by atoms with Gasteiger partial charge in [0.1, 0.15) is 17.4 Å². The van der Waals surface area contributed by atoms with Gasteiger partial charge >= 0.3 is 0 Å². The van der Waals surface area contributed by atoms with Crippen molar-refractivity contribution in [2.45, 2.75) is 33.2 Å². The van der Waals surface area contributed by atoms with Gasteiger partial charge in [-0.1, -0.05) is 0 Å². The first kappa shape index (κ1) is 21.8. The van der Waals surface area contributed by atoms with Gasteiger partial charge in [-0.25, -0.2) is 0 Å². The number of amides is 1. The lowest BCUT2D eigenvalue weighted by Crippen LogP contribution is -2.24. The molecular weight excluding hydrogens is 374 g/mol. The molecule has 0 aliphatic heterocycles. The number of benzene rings is 1. The molecule has 0 saturated heterocycles. The van der Waals surface area contributed by atoms with Gasteiger partial charge in [0.25, 0.3) is 5.56 Å². The highest BCUT2D eigenvalue weighted by Crippen LogP contribution is 2.34. The molecule has 2 N–H and O–H groups in total. The van der Waals surface area contributed by atoms with E-state index >= 15 is 0 Å². The Hall–Kier alpha value is -3.47. The second-order valence-corrected chi connectivity index (χ2v) is 6.47. The Bertz CT molecular complexity index is 1000. The molecule has 0 fully saturated rings. The normalized spacial score (nSPS) is 10.2. The summed E-state index contributed by atoms with van der Waals surface area (Å²) in [6, 6.07) is 5.38. The van der Waals surface area contributed by atoms with Crippen LogP contribution in [-0.4, -0.2) is 32.2 Å². The van der Waals surface area contributed by atoms with E-state index in [0.29, 0.717) is 34.9 Å². The monoisotopic (exact) mass is 399 g/mol. The van der Waals surface area contributed by atoms with Crippen molar-refractivity contribution in [1.82, 2.24) is 10.3 Å². The van der Waals surface area contributed by atoms with Crippen molar-refractivity contribution in [2.24, 2.45) is 0 Å². The number of pyridine rings is 1. The molecule has 2 rings (SSSR count). The third-order valence-corrected chi connectivity index (χ3v) is 4.78. The molecule has 0 bridgehead atoms. The maximum atomic E-state index is 12.4. The van der Waals surface area contributed by atoms with Crippen LogP contribution in [0.5, 0.6) is 17.2 Å². The Morgan fingerprint density at radius 1 is 1.10 bits per heavy atom. The molecule has 0 spiro atoms. The summed E-state index contributed by atoms with van der Waals surface area (Å²) in [5.41, 5.74) is 2.52. The molecule has 1 amide bonds. The Kier molecular flexibility index (Phi) is 7.26. The second-order valence-electron chi connectivity index (χ2n) is 6.47. The van der Waals surface area contributed by atoms with Crippen LogP contribution in [0.15, 0.2) is 16.9 Å². The number of H-pyrrole nitrogens is 1. The van der Waals surface area contributed by atoms with E-state index in [1.54, 1.807) is 33.1 Å². The van der Waals surface area contributed by atoms with Crippen LogP contribution in [0, 0.1) is 25.2 Å². The first-order chi connectivity index (χ1) is 13.9. The lowest BCUT2D eigenvalue weighted by Gasteiger charge is -2.15. The smallest absolute Gasteiger partial charge is 0.266 e. The predicted molar refractivity (Wildman–Crippen MR) is 108 cm³/mol. The summed E-state index contributed by atoms with van der Waals surface area (Å²) in [5.74, 6) is 1.50. The van der Waals surface area contributed by atoms with E-state index in [-0.39, 0.29) is 24.4 Å². The van der Waals surface area contributed by atoms with Crippen LogP contribution < -0.4 is 25.1 Å². The van der Waals surface area contributed by atoms with E-state index in [2.05, 4.69) is 10.3 Å². The van der Waals surface area contributed by atoms with Gasteiger partial charge < -0.3 is 24.5 Å². The van der Waals surface area contributed by atoms with Crippen LogP contribution in [0.3, 0.4) is 0 Å². The summed E-state index contributed by atoms with van der Waals surface area (Å²) in [5, 5.41) is 12.0. The number of nitrogens with zero attached hydrogens (tertiary/aromatic N) is 1. The average molecular weight is 399 g/mol. The van der Waals surface area contributed by atoms with Crippen LogP contribution in [0.2, 0.25) is 0 Å². The second kappa shape index (κ2) is 9.64. The highest BCUT2D eigenvalue weighted by atomic mass is 16.5. The number of carbonyl (C=O) groups excluding carboxylic acids is 1. The lowest BCUT2D eigenvalue weighted by atomic mass is 9.99. The fourth-order valence-corrected chi connectivity index (χ4v) is 3.17. The quantitative estimate of drug-likeness (QED) is 0.703. The number of aromatic nitrogens is 1.